The lowest BCUT2D eigenvalue weighted by atomic mass is 10.0. The molecule has 2 aromatic heterocycles. The Balaban J connectivity index is 1.94. The number of hydrogen-bond donors (Lipinski definition) is 0. The van der Waals surface area contributed by atoms with Crippen molar-refractivity contribution in [2.75, 3.05) is 13.1 Å². The predicted molar refractivity (Wildman–Crippen MR) is 88.0 cm³/mol. The molecule has 6 nitrogen and oxygen atoms in total. The van der Waals surface area contributed by atoms with Gasteiger partial charge in [-0.15, -0.1) is 0 Å². The third-order valence-electron chi connectivity index (χ3n) is 4.33. The van der Waals surface area contributed by atoms with E-state index in [9.17, 15) is 4.79 Å². The van der Waals surface area contributed by atoms with Gasteiger partial charge in [0.25, 0.3) is 0 Å². The van der Waals surface area contributed by atoms with E-state index in [0.29, 0.717) is 0 Å². The summed E-state index contributed by atoms with van der Waals surface area (Å²) >= 11 is 0. The molecule has 2 aromatic rings. The first-order valence-electron chi connectivity index (χ1n) is 8.10. The van der Waals surface area contributed by atoms with Crippen molar-refractivity contribution in [1.82, 2.24) is 24.6 Å². The fourth-order valence-electron chi connectivity index (χ4n) is 3.15. The van der Waals surface area contributed by atoms with Crippen molar-refractivity contribution in [2.24, 2.45) is 0 Å². The van der Waals surface area contributed by atoms with Crippen molar-refractivity contribution in [2.45, 2.75) is 46.1 Å². The topological polar surface area (TPSA) is 63.9 Å². The first-order valence-corrected chi connectivity index (χ1v) is 8.10. The van der Waals surface area contributed by atoms with E-state index in [1.165, 1.54) is 0 Å². The van der Waals surface area contributed by atoms with Crippen molar-refractivity contribution < 1.29 is 4.79 Å². The molecular weight excluding hydrogens is 290 g/mol. The molecule has 1 fully saturated rings. The Kier molecular flexibility index (Phi) is 4.15. The van der Waals surface area contributed by atoms with Crippen molar-refractivity contribution >= 4 is 5.91 Å². The molecule has 23 heavy (non-hydrogen) atoms. The average Bonchev–Trinajstić information content (AvgIpc) is 3.16. The van der Waals surface area contributed by atoms with Crippen molar-refractivity contribution in [3.8, 4) is 11.4 Å². The molecule has 1 amide bonds. The smallest absolute Gasteiger partial charge is 0.219 e. The Morgan fingerprint density at radius 1 is 1.35 bits per heavy atom. The van der Waals surface area contributed by atoms with Crippen LogP contribution >= 0.6 is 0 Å². The molecule has 0 aromatic carbocycles. The van der Waals surface area contributed by atoms with E-state index in [4.69, 9.17) is 0 Å². The molecule has 1 aliphatic rings. The Labute approximate surface area is 136 Å². The van der Waals surface area contributed by atoms with E-state index >= 15 is 0 Å². The van der Waals surface area contributed by atoms with Crippen LogP contribution in [-0.4, -0.2) is 43.6 Å². The van der Waals surface area contributed by atoms with E-state index in [0.717, 1.165) is 42.4 Å². The van der Waals surface area contributed by atoms with Crippen molar-refractivity contribution in [3.63, 3.8) is 0 Å². The summed E-state index contributed by atoms with van der Waals surface area (Å²) in [5, 5.41) is 4.39. The molecule has 0 radical (unpaired) electrons. The van der Waals surface area contributed by atoms with Gasteiger partial charge in [-0.2, -0.15) is 5.10 Å². The van der Waals surface area contributed by atoms with Crippen LogP contribution in [0.4, 0.5) is 0 Å². The number of nitrogens with zero attached hydrogens (tertiary/aromatic N) is 5. The van der Waals surface area contributed by atoms with E-state index < -0.39 is 0 Å². The van der Waals surface area contributed by atoms with Crippen LogP contribution in [-0.2, 0) is 4.79 Å². The summed E-state index contributed by atoms with van der Waals surface area (Å²) in [5.74, 6) is 1.18. The number of rotatable bonds is 3. The minimum Gasteiger partial charge on any atom is -0.342 e. The zero-order valence-electron chi connectivity index (χ0n) is 14.2. The molecule has 122 valence electrons. The summed E-state index contributed by atoms with van der Waals surface area (Å²) in [6, 6.07) is 4.32. The molecule has 1 atom stereocenters. The maximum absolute atomic E-state index is 11.5. The third-order valence-corrected chi connectivity index (χ3v) is 4.33. The Morgan fingerprint density at radius 3 is 2.78 bits per heavy atom. The fraction of sp³-hybridized carbons (Fsp3) is 0.529. The zero-order valence-corrected chi connectivity index (χ0v) is 14.2. The molecule has 1 aliphatic heterocycles. The van der Waals surface area contributed by atoms with E-state index in [2.05, 4.69) is 35.0 Å². The van der Waals surface area contributed by atoms with Gasteiger partial charge >= 0.3 is 0 Å². The highest BCUT2D eigenvalue weighted by Gasteiger charge is 2.27. The van der Waals surface area contributed by atoms with Gasteiger partial charge in [-0.05, 0) is 39.3 Å². The summed E-state index contributed by atoms with van der Waals surface area (Å²) < 4.78 is 1.97. The average molecular weight is 313 g/mol. The summed E-state index contributed by atoms with van der Waals surface area (Å²) in [6.45, 7) is 9.30. The number of aromatic nitrogens is 4. The summed E-state index contributed by atoms with van der Waals surface area (Å²) in [4.78, 5) is 22.6. The van der Waals surface area contributed by atoms with Crippen molar-refractivity contribution in [1.29, 1.82) is 0 Å². The largest absolute Gasteiger partial charge is 0.342 e. The van der Waals surface area contributed by atoms with Crippen LogP contribution in [0.15, 0.2) is 18.3 Å². The van der Waals surface area contributed by atoms with Crippen LogP contribution in [0.2, 0.25) is 0 Å². The van der Waals surface area contributed by atoms with Crippen LogP contribution < -0.4 is 0 Å². The molecule has 0 bridgehead atoms. The number of carbonyl (C=O) groups excluding carboxylic acids is 1. The van der Waals surface area contributed by atoms with Gasteiger partial charge in [0.15, 0.2) is 0 Å². The summed E-state index contributed by atoms with van der Waals surface area (Å²) in [6.07, 6.45) is 2.76. The summed E-state index contributed by atoms with van der Waals surface area (Å²) in [7, 11) is 0. The lowest BCUT2D eigenvalue weighted by Gasteiger charge is -2.15. The number of aryl methyl sites for hydroxylation is 1. The molecule has 0 N–H and O–H groups in total. The minimum atomic E-state index is 0.136. The summed E-state index contributed by atoms with van der Waals surface area (Å²) in [5.41, 5.74) is 2.93. The third kappa shape index (κ3) is 3.11. The monoisotopic (exact) mass is 313 g/mol. The predicted octanol–water partition coefficient (Wildman–Crippen LogP) is 2.57. The van der Waals surface area contributed by atoms with E-state index in [-0.39, 0.29) is 17.9 Å². The maximum atomic E-state index is 11.5. The second-order valence-corrected chi connectivity index (χ2v) is 6.43. The molecule has 3 heterocycles. The van der Waals surface area contributed by atoms with Gasteiger partial charge in [0.05, 0.1) is 11.4 Å². The number of likely N-dealkylation sites (tertiary alicyclic amines) is 1. The SMILES string of the molecule is CC(=O)N1CCC(c2cc(-c3ccnn3C(C)C)nc(C)n2)C1. The van der Waals surface area contributed by atoms with Gasteiger partial charge in [0.1, 0.15) is 5.82 Å². The lowest BCUT2D eigenvalue weighted by Crippen LogP contribution is -2.25. The van der Waals surface area contributed by atoms with Crippen LogP contribution in [0.1, 0.15) is 50.7 Å². The fourth-order valence-corrected chi connectivity index (χ4v) is 3.15. The second-order valence-electron chi connectivity index (χ2n) is 6.43. The van der Waals surface area contributed by atoms with E-state index in [1.54, 1.807) is 13.1 Å². The molecule has 1 saturated heterocycles. The van der Waals surface area contributed by atoms with Crippen LogP contribution in [0, 0.1) is 6.92 Å². The molecule has 0 aliphatic carbocycles. The molecule has 1 unspecified atom stereocenters. The van der Waals surface area contributed by atoms with Crippen molar-refractivity contribution in [3.05, 3.63) is 29.8 Å². The van der Waals surface area contributed by atoms with Gasteiger partial charge in [0, 0.05) is 43.9 Å². The van der Waals surface area contributed by atoms with Gasteiger partial charge in [-0.1, -0.05) is 0 Å². The number of hydrogen-bond acceptors (Lipinski definition) is 4. The Morgan fingerprint density at radius 2 is 2.13 bits per heavy atom. The minimum absolute atomic E-state index is 0.136. The Hall–Kier alpha value is -2.24. The van der Waals surface area contributed by atoms with Gasteiger partial charge < -0.3 is 4.90 Å². The standard InChI is InChI=1S/C17H23N5O/c1-11(2)22-17(5-7-18-22)16-9-15(19-12(3)20-16)14-6-8-21(10-14)13(4)23/h5,7,9,11,14H,6,8,10H2,1-4H3. The molecule has 3 rings (SSSR count). The number of carbonyl (C=O) groups is 1. The first-order chi connectivity index (χ1) is 11.0. The number of amides is 1. The van der Waals surface area contributed by atoms with E-state index in [1.807, 2.05) is 22.6 Å². The highest BCUT2D eigenvalue weighted by molar-refractivity contribution is 5.73. The van der Waals surface area contributed by atoms with Crippen LogP contribution in [0.3, 0.4) is 0 Å². The first kappa shape index (κ1) is 15.6. The molecule has 6 heteroatoms. The Bertz CT molecular complexity index is 722. The van der Waals surface area contributed by atoms with Gasteiger partial charge in [-0.3, -0.25) is 9.48 Å². The maximum Gasteiger partial charge on any atom is 0.219 e. The van der Waals surface area contributed by atoms with Crippen LogP contribution in [0.25, 0.3) is 11.4 Å². The normalized spacial score (nSPS) is 18.0. The second kappa shape index (κ2) is 6.10. The molecule has 0 spiro atoms. The highest BCUT2D eigenvalue weighted by Crippen LogP contribution is 2.29. The highest BCUT2D eigenvalue weighted by atomic mass is 16.2. The molecule has 0 saturated carbocycles. The van der Waals surface area contributed by atoms with Crippen LogP contribution in [0.5, 0.6) is 0 Å². The zero-order chi connectivity index (χ0) is 16.6. The quantitative estimate of drug-likeness (QED) is 0.873. The molecular formula is C17H23N5O. The lowest BCUT2D eigenvalue weighted by molar-refractivity contribution is -0.127. The van der Waals surface area contributed by atoms with Gasteiger partial charge in [-0.25, -0.2) is 9.97 Å². The van der Waals surface area contributed by atoms with Gasteiger partial charge in [0.2, 0.25) is 5.91 Å².